The fourth-order valence-electron chi connectivity index (χ4n) is 5.56. The van der Waals surface area contributed by atoms with Gasteiger partial charge in [-0.05, 0) is 48.7 Å². The largest absolute Gasteiger partial charge is 0.416 e. The topological polar surface area (TPSA) is 52.7 Å². The summed E-state index contributed by atoms with van der Waals surface area (Å²) in [5.74, 6) is -1.18. The quantitative estimate of drug-likeness (QED) is 0.404. The molecule has 5 rings (SSSR count). The molecule has 2 aliphatic heterocycles. The third-order valence-corrected chi connectivity index (χ3v) is 7.51. The third kappa shape index (κ3) is 5.24. The van der Waals surface area contributed by atoms with Gasteiger partial charge in [-0.3, -0.25) is 9.59 Å². The Kier molecular flexibility index (Phi) is 7.01. The maximum Gasteiger partial charge on any atom is 0.416 e. The van der Waals surface area contributed by atoms with Crippen LogP contribution in [0.3, 0.4) is 0 Å². The first-order valence-electron chi connectivity index (χ1n) is 12.7. The van der Waals surface area contributed by atoms with Gasteiger partial charge in [0.05, 0.1) is 11.1 Å². The van der Waals surface area contributed by atoms with Crippen LogP contribution in [0.15, 0.2) is 78.9 Å². The fourth-order valence-corrected chi connectivity index (χ4v) is 5.56. The summed E-state index contributed by atoms with van der Waals surface area (Å²) in [7, 11) is 0. The zero-order chi connectivity index (χ0) is 28.7. The summed E-state index contributed by atoms with van der Waals surface area (Å²) in [6, 6.07) is 19.7. The van der Waals surface area contributed by atoms with Gasteiger partial charge in [0.25, 0.3) is 5.91 Å². The van der Waals surface area contributed by atoms with E-state index in [0.717, 1.165) is 11.3 Å². The zero-order valence-corrected chi connectivity index (χ0v) is 21.1. The number of rotatable bonds is 4. The van der Waals surface area contributed by atoms with E-state index in [9.17, 15) is 35.9 Å². The zero-order valence-electron chi connectivity index (χ0n) is 21.1. The van der Waals surface area contributed by atoms with Crippen LogP contribution in [-0.4, -0.2) is 41.5 Å². The summed E-state index contributed by atoms with van der Waals surface area (Å²) >= 11 is 0. The van der Waals surface area contributed by atoms with Crippen LogP contribution in [0.4, 0.5) is 32.0 Å². The Labute approximate surface area is 226 Å². The number of halogens is 6. The highest BCUT2D eigenvalue weighted by Gasteiger charge is 2.54. The predicted molar refractivity (Wildman–Crippen MR) is 135 cm³/mol. The van der Waals surface area contributed by atoms with Gasteiger partial charge in [0.15, 0.2) is 0 Å². The molecule has 11 heteroatoms. The van der Waals surface area contributed by atoms with Gasteiger partial charge in [-0.2, -0.15) is 26.3 Å². The second kappa shape index (κ2) is 10.2. The SMILES string of the molecule is O=C(c1cc(C(F)(F)F)cc(C(F)(F)F)c1)N1CCC2(CC1)C(=O)NC(Cc1ccccc1)N2c1ccccc1. The minimum absolute atomic E-state index is 0.00451. The van der Waals surface area contributed by atoms with Crippen molar-refractivity contribution in [3.8, 4) is 0 Å². The first-order valence-corrected chi connectivity index (χ1v) is 12.7. The maximum atomic E-state index is 13.5. The Morgan fingerprint density at radius 3 is 1.88 bits per heavy atom. The van der Waals surface area contributed by atoms with E-state index in [1.54, 1.807) is 0 Å². The number of hydrogen-bond acceptors (Lipinski definition) is 3. The Hall–Kier alpha value is -4.02. The summed E-state index contributed by atoms with van der Waals surface area (Å²) in [5, 5.41) is 3.07. The molecule has 3 aromatic rings. The van der Waals surface area contributed by atoms with Crippen LogP contribution in [0, 0.1) is 0 Å². The molecule has 2 amide bonds. The van der Waals surface area contributed by atoms with Crippen molar-refractivity contribution in [1.29, 1.82) is 0 Å². The van der Waals surface area contributed by atoms with Gasteiger partial charge in [-0.15, -0.1) is 0 Å². The first kappa shape index (κ1) is 27.5. The van der Waals surface area contributed by atoms with Crippen LogP contribution in [0.2, 0.25) is 0 Å². The smallest absolute Gasteiger partial charge is 0.338 e. The minimum Gasteiger partial charge on any atom is -0.338 e. The van der Waals surface area contributed by atoms with Gasteiger partial charge < -0.3 is 15.1 Å². The van der Waals surface area contributed by atoms with Crippen LogP contribution in [0.1, 0.15) is 39.9 Å². The molecule has 0 aliphatic carbocycles. The van der Waals surface area contributed by atoms with Crippen molar-refractivity contribution < 1.29 is 35.9 Å². The second-order valence-electron chi connectivity index (χ2n) is 10.0. The molecule has 0 saturated carbocycles. The Morgan fingerprint density at radius 1 is 0.825 bits per heavy atom. The summed E-state index contributed by atoms with van der Waals surface area (Å²) in [6.07, 6.45) is -9.71. The average molecular weight is 562 g/mol. The van der Waals surface area contributed by atoms with E-state index in [2.05, 4.69) is 5.32 Å². The number of para-hydroxylation sites is 1. The van der Waals surface area contributed by atoms with Crippen molar-refractivity contribution >= 4 is 17.5 Å². The molecule has 210 valence electrons. The highest BCUT2D eigenvalue weighted by atomic mass is 19.4. The molecule has 1 spiro atoms. The van der Waals surface area contributed by atoms with E-state index >= 15 is 0 Å². The van der Waals surface area contributed by atoms with Crippen molar-refractivity contribution in [2.24, 2.45) is 0 Å². The molecule has 5 nitrogen and oxygen atoms in total. The van der Waals surface area contributed by atoms with Crippen molar-refractivity contribution in [2.75, 3.05) is 18.0 Å². The first-order chi connectivity index (χ1) is 18.9. The normalized spacial score (nSPS) is 19.1. The molecule has 1 unspecified atom stereocenters. The van der Waals surface area contributed by atoms with Crippen LogP contribution >= 0.6 is 0 Å². The molecule has 0 bridgehead atoms. The molecule has 0 aromatic heterocycles. The van der Waals surface area contributed by atoms with Crippen molar-refractivity contribution in [2.45, 2.75) is 43.3 Å². The van der Waals surface area contributed by atoms with Gasteiger partial charge in [-0.1, -0.05) is 48.5 Å². The van der Waals surface area contributed by atoms with E-state index in [4.69, 9.17) is 0 Å². The number of carbonyl (C=O) groups is 2. The molecular weight excluding hydrogens is 536 g/mol. The standard InChI is InChI=1S/C29H25F6N3O2/c30-28(31,32)21-16-20(17-22(18-21)29(33,34)35)25(39)37-13-11-27(12-14-37)26(40)36-24(15-19-7-3-1-4-8-19)38(27)23-9-5-2-6-10-23/h1-10,16-18,24H,11-15H2,(H,36,40). The van der Waals surface area contributed by atoms with Gasteiger partial charge in [0.1, 0.15) is 11.7 Å². The number of nitrogens with one attached hydrogen (secondary N) is 1. The maximum absolute atomic E-state index is 13.5. The van der Waals surface area contributed by atoms with Gasteiger partial charge >= 0.3 is 12.4 Å². The van der Waals surface area contributed by atoms with Gasteiger partial charge in [0.2, 0.25) is 5.91 Å². The predicted octanol–water partition coefficient (Wildman–Crippen LogP) is 5.90. The minimum atomic E-state index is -5.06. The number of amides is 2. The van der Waals surface area contributed by atoms with Gasteiger partial charge in [0, 0.05) is 30.8 Å². The van der Waals surface area contributed by atoms with E-state index in [0.29, 0.717) is 18.6 Å². The Bertz CT molecular complexity index is 1350. The number of carbonyl (C=O) groups excluding carboxylic acids is 2. The number of likely N-dealkylation sites (tertiary alicyclic amines) is 1. The van der Waals surface area contributed by atoms with E-state index in [-0.39, 0.29) is 37.9 Å². The molecule has 2 fully saturated rings. The molecule has 0 radical (unpaired) electrons. The summed E-state index contributed by atoms with van der Waals surface area (Å²) in [4.78, 5) is 29.9. The molecule has 1 atom stereocenters. The number of anilines is 1. The van der Waals surface area contributed by atoms with E-state index < -0.39 is 46.7 Å². The molecule has 1 N–H and O–H groups in total. The number of nitrogens with zero attached hydrogens (tertiary/aromatic N) is 2. The Morgan fingerprint density at radius 2 is 1.35 bits per heavy atom. The fraction of sp³-hybridized carbons (Fsp3) is 0.310. The average Bonchev–Trinajstić information content (AvgIpc) is 3.18. The highest BCUT2D eigenvalue weighted by Crippen LogP contribution is 2.41. The summed E-state index contributed by atoms with van der Waals surface area (Å²) < 4.78 is 80.0. The van der Waals surface area contributed by atoms with Crippen LogP contribution < -0.4 is 10.2 Å². The number of alkyl halides is 6. The molecule has 2 aliphatic rings. The monoisotopic (exact) mass is 561 g/mol. The molecule has 2 heterocycles. The number of benzene rings is 3. The van der Waals surface area contributed by atoms with Gasteiger partial charge in [-0.25, -0.2) is 0 Å². The molecule has 40 heavy (non-hydrogen) atoms. The third-order valence-electron chi connectivity index (χ3n) is 7.51. The van der Waals surface area contributed by atoms with E-state index in [1.165, 1.54) is 4.90 Å². The van der Waals surface area contributed by atoms with Crippen LogP contribution in [0.25, 0.3) is 0 Å². The summed E-state index contributed by atoms with van der Waals surface area (Å²) in [5.41, 5.74) is -3.04. The molecule has 2 saturated heterocycles. The molecule has 3 aromatic carbocycles. The summed E-state index contributed by atoms with van der Waals surface area (Å²) in [6.45, 7) is -0.0452. The Balaban J connectivity index is 1.42. The molecular formula is C29H25F6N3O2. The number of piperidine rings is 1. The second-order valence-corrected chi connectivity index (χ2v) is 10.0. The lowest BCUT2D eigenvalue weighted by Gasteiger charge is -2.45. The van der Waals surface area contributed by atoms with Crippen LogP contribution in [0.5, 0.6) is 0 Å². The van der Waals surface area contributed by atoms with Crippen LogP contribution in [-0.2, 0) is 23.6 Å². The van der Waals surface area contributed by atoms with Crippen molar-refractivity contribution in [3.05, 3.63) is 101 Å². The lowest BCUT2D eigenvalue weighted by atomic mass is 9.85. The highest BCUT2D eigenvalue weighted by molar-refractivity contribution is 5.97. The van der Waals surface area contributed by atoms with E-state index in [1.807, 2.05) is 65.6 Å². The number of hydrogen-bond donors (Lipinski definition) is 1. The van der Waals surface area contributed by atoms with Crippen molar-refractivity contribution in [3.63, 3.8) is 0 Å². The lowest BCUT2D eigenvalue weighted by Crippen LogP contribution is -2.58. The van der Waals surface area contributed by atoms with Crippen molar-refractivity contribution in [1.82, 2.24) is 10.2 Å². The lowest BCUT2D eigenvalue weighted by molar-refractivity contribution is -0.143.